The number of carbonyl (C=O) groups excluding carboxylic acids is 1. The Balaban J connectivity index is 1.79. The van der Waals surface area contributed by atoms with Crippen LogP contribution in [-0.4, -0.2) is 21.0 Å². The summed E-state index contributed by atoms with van der Waals surface area (Å²) in [6.07, 6.45) is 0. The molecule has 0 spiro atoms. The molecule has 6 nitrogen and oxygen atoms in total. The van der Waals surface area contributed by atoms with Crippen molar-refractivity contribution in [1.82, 2.24) is 9.36 Å². The maximum Gasteiger partial charge on any atom is 0.295 e. The minimum Gasteiger partial charge on any atom is -0.398 e. The predicted molar refractivity (Wildman–Crippen MR) is 106 cm³/mol. The Bertz CT molecular complexity index is 993. The van der Waals surface area contributed by atoms with Crippen LogP contribution in [-0.2, 0) is 11.8 Å². The highest BCUT2D eigenvalue weighted by Gasteiger charge is 2.18. The highest BCUT2D eigenvalue weighted by atomic mass is 32.2. The number of rotatable bonds is 5. The van der Waals surface area contributed by atoms with Crippen LogP contribution in [0.3, 0.4) is 0 Å². The molecule has 1 amide bonds. The molecular weight excluding hydrogens is 348 g/mol. The highest BCUT2D eigenvalue weighted by molar-refractivity contribution is 8.00. The minimum absolute atomic E-state index is 0.174. The molecule has 0 bridgehead atoms. The van der Waals surface area contributed by atoms with Gasteiger partial charge in [-0.3, -0.25) is 14.3 Å². The minimum atomic E-state index is -0.256. The number of anilines is 2. The van der Waals surface area contributed by atoms with Crippen LogP contribution >= 0.6 is 11.8 Å². The van der Waals surface area contributed by atoms with E-state index in [0.29, 0.717) is 17.1 Å². The molecule has 7 heteroatoms. The van der Waals surface area contributed by atoms with E-state index < -0.39 is 0 Å². The van der Waals surface area contributed by atoms with Crippen molar-refractivity contribution < 1.29 is 4.79 Å². The van der Waals surface area contributed by atoms with Gasteiger partial charge in [0.25, 0.3) is 5.56 Å². The molecule has 2 aromatic carbocycles. The first-order valence-electron chi connectivity index (χ1n) is 8.10. The highest BCUT2D eigenvalue weighted by Crippen LogP contribution is 2.24. The third-order valence-electron chi connectivity index (χ3n) is 4.10. The first-order chi connectivity index (χ1) is 12.5. The number of hydrogen-bond donors (Lipinski definition) is 2. The first-order valence-corrected chi connectivity index (χ1v) is 9.08. The Morgan fingerprint density at radius 2 is 1.77 bits per heavy atom. The zero-order valence-corrected chi connectivity index (χ0v) is 15.4. The van der Waals surface area contributed by atoms with Gasteiger partial charge < -0.3 is 11.1 Å². The second-order valence-corrected chi connectivity index (χ2v) is 6.83. The van der Waals surface area contributed by atoms with Crippen molar-refractivity contribution in [2.75, 3.05) is 16.8 Å². The number of nitrogens with two attached hydrogens (primary N) is 1. The van der Waals surface area contributed by atoms with E-state index in [4.69, 9.17) is 5.73 Å². The number of nitrogen functional groups attached to an aromatic ring is 1. The van der Waals surface area contributed by atoms with Gasteiger partial charge in [0.15, 0.2) is 0 Å². The molecule has 3 N–H and O–H groups in total. The third-order valence-corrected chi connectivity index (χ3v) is 5.19. The lowest BCUT2D eigenvalue weighted by molar-refractivity contribution is -0.113. The molecule has 1 aromatic heterocycles. The second kappa shape index (κ2) is 7.53. The summed E-state index contributed by atoms with van der Waals surface area (Å²) >= 11 is 1.34. The topological polar surface area (TPSA) is 82.1 Å². The zero-order chi connectivity index (χ0) is 18.7. The van der Waals surface area contributed by atoms with E-state index in [1.165, 1.54) is 16.4 Å². The average molecular weight is 368 g/mol. The van der Waals surface area contributed by atoms with Crippen molar-refractivity contribution >= 4 is 29.0 Å². The van der Waals surface area contributed by atoms with E-state index in [9.17, 15) is 9.59 Å². The smallest absolute Gasteiger partial charge is 0.295 e. The van der Waals surface area contributed by atoms with E-state index in [-0.39, 0.29) is 17.2 Å². The molecule has 3 rings (SSSR count). The molecule has 26 heavy (non-hydrogen) atoms. The molecule has 0 saturated carbocycles. The maximum atomic E-state index is 12.8. The Hall–Kier alpha value is -2.93. The van der Waals surface area contributed by atoms with Crippen LogP contribution in [0.15, 0.2) is 64.3 Å². The maximum absolute atomic E-state index is 12.8. The van der Waals surface area contributed by atoms with Gasteiger partial charge in [-0.1, -0.05) is 30.3 Å². The van der Waals surface area contributed by atoms with Crippen molar-refractivity contribution in [2.24, 2.45) is 7.05 Å². The van der Waals surface area contributed by atoms with E-state index >= 15 is 0 Å². The SMILES string of the molecule is Cc1c(NC(=O)CSc2ccccc2N)c(=O)n(-c2ccccc2)n1C. The predicted octanol–water partition coefficient (Wildman–Crippen LogP) is 2.80. The van der Waals surface area contributed by atoms with Gasteiger partial charge in [0.1, 0.15) is 5.69 Å². The Morgan fingerprint density at radius 1 is 1.12 bits per heavy atom. The zero-order valence-electron chi connectivity index (χ0n) is 14.6. The summed E-state index contributed by atoms with van der Waals surface area (Å²) in [5.41, 5.74) is 7.99. The van der Waals surface area contributed by atoms with E-state index in [1.54, 1.807) is 24.7 Å². The van der Waals surface area contributed by atoms with Crippen molar-refractivity contribution in [2.45, 2.75) is 11.8 Å². The standard InChI is InChI=1S/C19H20N4O2S/c1-13-18(19(25)23(22(13)2)14-8-4-3-5-9-14)21-17(24)12-26-16-11-7-6-10-15(16)20/h3-11H,12,20H2,1-2H3,(H,21,24). The molecule has 0 atom stereocenters. The molecule has 0 radical (unpaired) electrons. The van der Waals surface area contributed by atoms with Crippen LogP contribution in [0.4, 0.5) is 11.4 Å². The van der Waals surface area contributed by atoms with Crippen LogP contribution in [0.25, 0.3) is 5.69 Å². The van der Waals surface area contributed by atoms with Gasteiger partial charge in [-0.15, -0.1) is 11.8 Å². The van der Waals surface area contributed by atoms with Crippen molar-refractivity contribution in [3.05, 3.63) is 70.6 Å². The first kappa shape index (κ1) is 17.9. The van der Waals surface area contributed by atoms with Crippen molar-refractivity contribution in [3.8, 4) is 5.69 Å². The van der Waals surface area contributed by atoms with Crippen LogP contribution in [0.1, 0.15) is 5.69 Å². The number of amides is 1. The Kier molecular flexibility index (Phi) is 5.18. The van der Waals surface area contributed by atoms with Crippen LogP contribution < -0.4 is 16.6 Å². The lowest BCUT2D eigenvalue weighted by Crippen LogP contribution is -2.23. The number of hydrogen-bond acceptors (Lipinski definition) is 4. The molecule has 0 aliphatic rings. The number of aromatic nitrogens is 2. The normalized spacial score (nSPS) is 10.7. The summed E-state index contributed by atoms with van der Waals surface area (Å²) in [6, 6.07) is 16.7. The fourth-order valence-corrected chi connectivity index (χ4v) is 3.41. The summed E-state index contributed by atoms with van der Waals surface area (Å²) in [7, 11) is 1.79. The lowest BCUT2D eigenvalue weighted by atomic mass is 10.3. The quantitative estimate of drug-likeness (QED) is 0.536. The fourth-order valence-electron chi connectivity index (χ4n) is 2.64. The van der Waals surface area contributed by atoms with E-state index in [2.05, 4.69) is 5.32 Å². The summed E-state index contributed by atoms with van der Waals surface area (Å²) < 4.78 is 3.27. The summed E-state index contributed by atoms with van der Waals surface area (Å²) in [6.45, 7) is 1.80. The number of nitrogens with one attached hydrogen (secondary N) is 1. The van der Waals surface area contributed by atoms with Gasteiger partial charge in [-0.2, -0.15) is 0 Å². The largest absolute Gasteiger partial charge is 0.398 e. The number of benzene rings is 2. The Morgan fingerprint density at radius 3 is 2.46 bits per heavy atom. The number of carbonyl (C=O) groups is 1. The van der Waals surface area contributed by atoms with Gasteiger partial charge in [-0.05, 0) is 31.2 Å². The van der Waals surface area contributed by atoms with Gasteiger partial charge in [0.2, 0.25) is 5.91 Å². The second-order valence-electron chi connectivity index (χ2n) is 5.81. The number of para-hydroxylation sites is 2. The number of thioether (sulfide) groups is 1. The van der Waals surface area contributed by atoms with Crippen LogP contribution in [0.5, 0.6) is 0 Å². The molecule has 0 unspecified atom stereocenters. The van der Waals surface area contributed by atoms with Gasteiger partial charge in [0.05, 0.1) is 17.1 Å². The summed E-state index contributed by atoms with van der Waals surface area (Å²) in [4.78, 5) is 25.9. The monoisotopic (exact) mass is 368 g/mol. The number of nitrogens with zero attached hydrogens (tertiary/aromatic N) is 2. The van der Waals surface area contributed by atoms with Gasteiger partial charge in [0, 0.05) is 17.6 Å². The van der Waals surface area contributed by atoms with Crippen LogP contribution in [0, 0.1) is 6.92 Å². The fraction of sp³-hybridized carbons (Fsp3) is 0.158. The van der Waals surface area contributed by atoms with Crippen molar-refractivity contribution in [1.29, 1.82) is 0 Å². The molecule has 0 fully saturated rings. The molecule has 134 valence electrons. The van der Waals surface area contributed by atoms with Crippen molar-refractivity contribution in [3.63, 3.8) is 0 Å². The lowest BCUT2D eigenvalue weighted by Gasteiger charge is -2.07. The van der Waals surface area contributed by atoms with Crippen LogP contribution in [0.2, 0.25) is 0 Å². The molecule has 0 aliphatic carbocycles. The summed E-state index contributed by atoms with van der Waals surface area (Å²) in [5, 5.41) is 2.74. The summed E-state index contributed by atoms with van der Waals surface area (Å²) in [5.74, 6) is -0.0721. The van der Waals surface area contributed by atoms with E-state index in [0.717, 1.165) is 10.6 Å². The Labute approximate surface area is 155 Å². The molecule has 1 heterocycles. The van der Waals surface area contributed by atoms with E-state index in [1.807, 2.05) is 48.5 Å². The van der Waals surface area contributed by atoms with Gasteiger partial charge >= 0.3 is 0 Å². The third kappa shape index (κ3) is 3.52. The molecule has 3 aromatic rings. The van der Waals surface area contributed by atoms with Gasteiger partial charge in [-0.25, -0.2) is 4.68 Å². The molecular formula is C19H20N4O2S. The molecule has 0 aliphatic heterocycles. The molecule has 0 saturated heterocycles. The average Bonchev–Trinajstić information content (AvgIpc) is 2.85.